The molecule has 1 N–H and O–H groups in total. The summed E-state index contributed by atoms with van der Waals surface area (Å²) in [4.78, 5) is 18.9. The molecule has 3 nitrogen and oxygen atoms in total. The van der Waals surface area contributed by atoms with Gasteiger partial charge in [-0.25, -0.2) is 0 Å². The minimum absolute atomic E-state index is 0. The first kappa shape index (κ1) is 12.0. The van der Waals surface area contributed by atoms with Crippen LogP contribution in [0.1, 0.15) is 52.8 Å². The van der Waals surface area contributed by atoms with Crippen LogP contribution >= 0.6 is 0 Å². The van der Waals surface area contributed by atoms with Crippen LogP contribution in [-0.4, -0.2) is 9.97 Å². The minimum Gasteiger partial charge on any atom is -0.323 e. The van der Waals surface area contributed by atoms with E-state index in [1.165, 1.54) is 0 Å². The lowest BCUT2D eigenvalue weighted by Gasteiger charge is -2.08. The van der Waals surface area contributed by atoms with Crippen LogP contribution in [0.2, 0.25) is 0 Å². The van der Waals surface area contributed by atoms with Crippen molar-refractivity contribution in [3.63, 3.8) is 0 Å². The van der Waals surface area contributed by atoms with Gasteiger partial charge < -0.3 is 4.98 Å². The number of rotatable bonds is 4. The lowest BCUT2D eigenvalue weighted by Crippen LogP contribution is -2.19. The van der Waals surface area contributed by atoms with E-state index < -0.39 is 0 Å². The predicted molar refractivity (Wildman–Crippen MR) is 64.2 cm³/mol. The molecule has 0 bridgehead atoms. The van der Waals surface area contributed by atoms with Crippen molar-refractivity contribution in [3.8, 4) is 0 Å². The normalized spacial score (nSPS) is 13.1. The topological polar surface area (TPSA) is 45.8 Å². The van der Waals surface area contributed by atoms with Crippen LogP contribution in [0, 0.1) is 5.92 Å². The third kappa shape index (κ3) is 3.18. The molecule has 0 radical (unpaired) electrons. The minimum atomic E-state index is -0.0255. The van der Waals surface area contributed by atoms with E-state index in [4.69, 9.17) is 0 Å². The zero-order valence-corrected chi connectivity index (χ0v) is 10.0. The summed E-state index contributed by atoms with van der Waals surface area (Å²) in [5.74, 6) is 0.777. The van der Waals surface area contributed by atoms with E-state index >= 15 is 0 Å². The molecule has 15 heavy (non-hydrogen) atoms. The molecular weight excluding hydrogens is 188 g/mol. The standard InChI is InChI=1S/C12H20N2O.H2/c1-5-9(4)11-12(15)14-10(7-13-11)6-8(2)3;/h7-9H,5-6H2,1-4H3,(H,14,15);1H. The Kier molecular flexibility index (Phi) is 4.06. The summed E-state index contributed by atoms with van der Waals surface area (Å²) < 4.78 is 0. The van der Waals surface area contributed by atoms with Crippen molar-refractivity contribution in [2.45, 2.75) is 46.5 Å². The first-order valence-corrected chi connectivity index (χ1v) is 5.62. The molecule has 1 aromatic heterocycles. The fourth-order valence-corrected chi connectivity index (χ4v) is 1.54. The van der Waals surface area contributed by atoms with Crippen LogP contribution in [0.3, 0.4) is 0 Å². The second kappa shape index (κ2) is 5.10. The average Bonchev–Trinajstić information content (AvgIpc) is 2.16. The summed E-state index contributed by atoms with van der Waals surface area (Å²) in [6, 6.07) is 0. The van der Waals surface area contributed by atoms with Crippen molar-refractivity contribution >= 4 is 0 Å². The number of aromatic nitrogens is 2. The van der Waals surface area contributed by atoms with Gasteiger partial charge in [-0.3, -0.25) is 9.78 Å². The van der Waals surface area contributed by atoms with Crippen LogP contribution in [-0.2, 0) is 6.42 Å². The second-order valence-corrected chi connectivity index (χ2v) is 4.53. The molecule has 0 saturated carbocycles. The summed E-state index contributed by atoms with van der Waals surface area (Å²) in [5.41, 5.74) is 1.56. The fourth-order valence-electron chi connectivity index (χ4n) is 1.54. The Bertz CT molecular complexity index is 374. The maximum Gasteiger partial charge on any atom is 0.270 e. The average molecular weight is 210 g/mol. The maximum atomic E-state index is 11.7. The molecule has 3 heteroatoms. The Hall–Kier alpha value is -1.12. The number of nitrogens with one attached hydrogen (secondary N) is 1. The number of hydrogen-bond donors (Lipinski definition) is 1. The quantitative estimate of drug-likeness (QED) is 0.830. The molecule has 1 unspecified atom stereocenters. The van der Waals surface area contributed by atoms with Crippen molar-refractivity contribution in [1.82, 2.24) is 9.97 Å². The number of aromatic amines is 1. The largest absolute Gasteiger partial charge is 0.323 e. The number of hydrogen-bond acceptors (Lipinski definition) is 2. The molecule has 1 atom stereocenters. The highest BCUT2D eigenvalue weighted by molar-refractivity contribution is 5.07. The van der Waals surface area contributed by atoms with E-state index in [1.807, 2.05) is 6.92 Å². The molecule has 86 valence electrons. The van der Waals surface area contributed by atoms with Gasteiger partial charge >= 0.3 is 0 Å². The lowest BCUT2D eigenvalue weighted by atomic mass is 10.0. The molecular formula is C12H22N2O. The summed E-state index contributed by atoms with van der Waals surface area (Å²) in [6.45, 7) is 8.34. The molecule has 0 fully saturated rings. The Balaban J connectivity index is 0.00000225. The zero-order valence-electron chi connectivity index (χ0n) is 10.0. The van der Waals surface area contributed by atoms with E-state index in [0.717, 1.165) is 18.5 Å². The second-order valence-electron chi connectivity index (χ2n) is 4.53. The van der Waals surface area contributed by atoms with E-state index in [1.54, 1.807) is 6.20 Å². The van der Waals surface area contributed by atoms with E-state index in [-0.39, 0.29) is 12.9 Å². The van der Waals surface area contributed by atoms with Gasteiger partial charge in [0.05, 0.1) is 0 Å². The first-order valence-electron chi connectivity index (χ1n) is 5.62. The van der Waals surface area contributed by atoms with Crippen molar-refractivity contribution in [2.75, 3.05) is 0 Å². The molecule has 0 aliphatic heterocycles. The van der Waals surface area contributed by atoms with Crippen LogP contribution in [0.5, 0.6) is 0 Å². The van der Waals surface area contributed by atoms with Gasteiger partial charge in [-0.2, -0.15) is 0 Å². The van der Waals surface area contributed by atoms with Gasteiger partial charge in [-0.05, 0) is 18.8 Å². The van der Waals surface area contributed by atoms with Gasteiger partial charge in [0, 0.05) is 19.2 Å². The van der Waals surface area contributed by atoms with Gasteiger partial charge in [0.1, 0.15) is 5.69 Å². The first-order chi connectivity index (χ1) is 7.04. The lowest BCUT2D eigenvalue weighted by molar-refractivity contribution is 0.623. The van der Waals surface area contributed by atoms with Crippen molar-refractivity contribution in [3.05, 3.63) is 27.9 Å². The molecule has 0 aromatic carbocycles. The molecule has 0 spiro atoms. The highest BCUT2D eigenvalue weighted by Gasteiger charge is 2.10. The molecule has 0 aliphatic rings. The van der Waals surface area contributed by atoms with Crippen molar-refractivity contribution in [1.29, 1.82) is 0 Å². The van der Waals surface area contributed by atoms with Crippen molar-refractivity contribution in [2.24, 2.45) is 5.92 Å². The van der Waals surface area contributed by atoms with E-state index in [2.05, 4.69) is 30.7 Å². The van der Waals surface area contributed by atoms with Crippen LogP contribution < -0.4 is 5.56 Å². The fraction of sp³-hybridized carbons (Fsp3) is 0.667. The van der Waals surface area contributed by atoms with Gasteiger partial charge in [0.2, 0.25) is 0 Å². The number of H-pyrrole nitrogens is 1. The Morgan fingerprint density at radius 3 is 2.60 bits per heavy atom. The summed E-state index contributed by atoms with van der Waals surface area (Å²) >= 11 is 0. The van der Waals surface area contributed by atoms with Gasteiger partial charge in [0.25, 0.3) is 5.56 Å². The van der Waals surface area contributed by atoms with Gasteiger partial charge in [-0.1, -0.05) is 27.7 Å². The summed E-state index contributed by atoms with van der Waals surface area (Å²) in [7, 11) is 0. The third-order valence-corrected chi connectivity index (χ3v) is 2.57. The predicted octanol–water partition coefficient (Wildman–Crippen LogP) is 2.73. The summed E-state index contributed by atoms with van der Waals surface area (Å²) in [6.07, 6.45) is 3.62. The number of nitrogens with zero attached hydrogens (tertiary/aromatic N) is 1. The van der Waals surface area contributed by atoms with E-state index in [9.17, 15) is 4.79 Å². The Morgan fingerprint density at radius 2 is 2.13 bits per heavy atom. The highest BCUT2D eigenvalue weighted by Crippen LogP contribution is 2.12. The van der Waals surface area contributed by atoms with Crippen LogP contribution in [0.4, 0.5) is 0 Å². The monoisotopic (exact) mass is 210 g/mol. The van der Waals surface area contributed by atoms with Gasteiger partial charge in [-0.15, -0.1) is 0 Å². The molecule has 1 heterocycles. The molecule has 1 aromatic rings. The van der Waals surface area contributed by atoms with Crippen LogP contribution in [0.15, 0.2) is 11.0 Å². The maximum absolute atomic E-state index is 11.7. The van der Waals surface area contributed by atoms with Gasteiger partial charge in [0.15, 0.2) is 0 Å². The highest BCUT2D eigenvalue weighted by atomic mass is 16.1. The molecule has 1 rings (SSSR count). The Labute approximate surface area is 92.4 Å². The smallest absolute Gasteiger partial charge is 0.270 e. The zero-order chi connectivity index (χ0) is 11.4. The SMILES string of the molecule is CCC(C)c1ncc(CC(C)C)[nH]c1=O.[HH]. The third-order valence-electron chi connectivity index (χ3n) is 2.57. The molecule has 0 aliphatic carbocycles. The molecule has 0 saturated heterocycles. The van der Waals surface area contributed by atoms with Crippen LogP contribution in [0.25, 0.3) is 0 Å². The Morgan fingerprint density at radius 1 is 1.47 bits per heavy atom. The van der Waals surface area contributed by atoms with E-state index in [0.29, 0.717) is 11.6 Å². The summed E-state index contributed by atoms with van der Waals surface area (Å²) in [5, 5.41) is 0. The molecule has 0 amide bonds. The van der Waals surface area contributed by atoms with Crippen molar-refractivity contribution < 1.29 is 1.43 Å².